The van der Waals surface area contributed by atoms with Gasteiger partial charge < -0.3 is 20.5 Å². The van der Waals surface area contributed by atoms with Crippen molar-refractivity contribution in [2.75, 3.05) is 13.1 Å². The number of aromatic nitrogens is 1. The number of hydrogen-bond donors (Lipinski definition) is 3. The first kappa shape index (κ1) is 14.1. The summed E-state index contributed by atoms with van der Waals surface area (Å²) in [5.74, 6) is -0.0746. The van der Waals surface area contributed by atoms with E-state index in [0.717, 1.165) is 18.4 Å². The van der Waals surface area contributed by atoms with E-state index in [1.165, 1.54) is 16.6 Å². The summed E-state index contributed by atoms with van der Waals surface area (Å²) >= 11 is 0. The number of urea groups is 1. The van der Waals surface area contributed by atoms with Crippen LogP contribution < -0.4 is 10.6 Å². The number of hydrogen-bond acceptors (Lipinski definition) is 2. The van der Waals surface area contributed by atoms with E-state index in [9.17, 15) is 9.59 Å². The SMILES string of the molecule is O=C1NCCC[C@@H]1NC(=O)N1CCc2[nH]c3ccccc3c2C1. The Bertz CT molecular complexity index is 767. The maximum absolute atomic E-state index is 12.5. The number of nitrogens with one attached hydrogen (secondary N) is 3. The Morgan fingerprint density at radius 1 is 1.30 bits per heavy atom. The fraction of sp³-hybridized carbons (Fsp3) is 0.412. The lowest BCUT2D eigenvalue weighted by atomic mass is 10.0. The van der Waals surface area contributed by atoms with Crippen molar-refractivity contribution in [3.63, 3.8) is 0 Å². The van der Waals surface area contributed by atoms with Gasteiger partial charge in [0.2, 0.25) is 5.91 Å². The predicted molar refractivity (Wildman–Crippen MR) is 87.0 cm³/mol. The standard InChI is InChI=1S/C17H20N4O2/c22-16-15(6-3-8-18-16)20-17(23)21-9-7-14-12(10-21)11-4-1-2-5-13(11)19-14/h1-2,4-5,15,19H,3,6-10H2,(H,18,22)(H,20,23)/t15-/m0/s1. The number of rotatable bonds is 1. The van der Waals surface area contributed by atoms with E-state index in [2.05, 4.69) is 27.8 Å². The molecule has 1 aromatic heterocycles. The quantitative estimate of drug-likeness (QED) is 0.746. The first-order valence-electron chi connectivity index (χ1n) is 8.14. The highest BCUT2D eigenvalue weighted by Gasteiger charge is 2.28. The number of H-pyrrole nitrogens is 1. The van der Waals surface area contributed by atoms with Gasteiger partial charge in [0, 0.05) is 48.2 Å². The Balaban J connectivity index is 1.51. The zero-order valence-electron chi connectivity index (χ0n) is 12.9. The van der Waals surface area contributed by atoms with E-state index in [-0.39, 0.29) is 11.9 Å². The molecule has 2 aromatic rings. The highest BCUT2D eigenvalue weighted by molar-refractivity contribution is 5.88. The largest absolute Gasteiger partial charge is 0.358 e. The molecule has 0 aliphatic carbocycles. The maximum atomic E-state index is 12.5. The smallest absolute Gasteiger partial charge is 0.318 e. The number of nitrogens with zero attached hydrogens (tertiary/aromatic N) is 1. The summed E-state index contributed by atoms with van der Waals surface area (Å²) in [4.78, 5) is 29.5. The number of benzene rings is 1. The van der Waals surface area contributed by atoms with Crippen molar-refractivity contribution >= 4 is 22.8 Å². The lowest BCUT2D eigenvalue weighted by Crippen LogP contribution is -2.54. The van der Waals surface area contributed by atoms with E-state index in [4.69, 9.17) is 0 Å². The van der Waals surface area contributed by atoms with Gasteiger partial charge in [0.15, 0.2) is 0 Å². The molecule has 2 aliphatic heterocycles. The summed E-state index contributed by atoms with van der Waals surface area (Å²) < 4.78 is 0. The molecule has 1 aromatic carbocycles. The highest BCUT2D eigenvalue weighted by Crippen LogP contribution is 2.27. The number of piperidine rings is 1. The maximum Gasteiger partial charge on any atom is 0.318 e. The molecule has 1 atom stereocenters. The molecule has 4 rings (SSSR count). The van der Waals surface area contributed by atoms with E-state index in [0.29, 0.717) is 26.1 Å². The minimum atomic E-state index is -0.402. The second kappa shape index (κ2) is 5.61. The highest BCUT2D eigenvalue weighted by atomic mass is 16.2. The fourth-order valence-corrected chi connectivity index (χ4v) is 3.49. The van der Waals surface area contributed by atoms with Crippen molar-refractivity contribution in [3.8, 4) is 0 Å². The molecule has 0 bridgehead atoms. The summed E-state index contributed by atoms with van der Waals surface area (Å²) in [6.07, 6.45) is 2.43. The van der Waals surface area contributed by atoms with Crippen LogP contribution >= 0.6 is 0 Å². The molecule has 0 unspecified atom stereocenters. The van der Waals surface area contributed by atoms with E-state index < -0.39 is 6.04 Å². The first-order valence-corrected chi connectivity index (χ1v) is 8.14. The lowest BCUT2D eigenvalue weighted by molar-refractivity contribution is -0.124. The second-order valence-electron chi connectivity index (χ2n) is 6.23. The van der Waals surface area contributed by atoms with Crippen LogP contribution in [0.15, 0.2) is 24.3 Å². The number of para-hydroxylation sites is 1. The summed E-state index contributed by atoms with van der Waals surface area (Å²) in [5, 5.41) is 6.85. The average Bonchev–Trinajstić information content (AvgIpc) is 2.94. The molecule has 23 heavy (non-hydrogen) atoms. The van der Waals surface area contributed by atoms with E-state index in [1.54, 1.807) is 4.90 Å². The second-order valence-corrected chi connectivity index (χ2v) is 6.23. The number of carbonyl (C=O) groups excluding carboxylic acids is 2. The monoisotopic (exact) mass is 312 g/mol. The van der Waals surface area contributed by atoms with Gasteiger partial charge >= 0.3 is 6.03 Å². The van der Waals surface area contributed by atoms with Gasteiger partial charge in [0.05, 0.1) is 0 Å². The van der Waals surface area contributed by atoms with Crippen molar-refractivity contribution in [1.29, 1.82) is 0 Å². The predicted octanol–water partition coefficient (Wildman–Crippen LogP) is 1.51. The minimum absolute atomic E-state index is 0.0746. The molecule has 6 heteroatoms. The Morgan fingerprint density at radius 3 is 3.04 bits per heavy atom. The van der Waals surface area contributed by atoms with Crippen LogP contribution in [-0.2, 0) is 17.8 Å². The fourth-order valence-electron chi connectivity index (χ4n) is 3.49. The molecule has 1 saturated heterocycles. The van der Waals surface area contributed by atoms with Crippen molar-refractivity contribution < 1.29 is 9.59 Å². The van der Waals surface area contributed by atoms with Crippen molar-refractivity contribution in [3.05, 3.63) is 35.5 Å². The average molecular weight is 312 g/mol. The summed E-state index contributed by atoms with van der Waals surface area (Å²) in [5.41, 5.74) is 3.52. The molecule has 3 amide bonds. The molecule has 0 saturated carbocycles. The van der Waals surface area contributed by atoms with E-state index >= 15 is 0 Å². The zero-order valence-corrected chi connectivity index (χ0v) is 12.9. The molecule has 3 N–H and O–H groups in total. The topological polar surface area (TPSA) is 77.2 Å². The zero-order chi connectivity index (χ0) is 15.8. The summed E-state index contributed by atoms with van der Waals surface area (Å²) in [6.45, 7) is 1.95. The van der Waals surface area contributed by atoms with Crippen molar-refractivity contribution in [2.45, 2.75) is 31.8 Å². The van der Waals surface area contributed by atoms with Gasteiger partial charge in [0.1, 0.15) is 6.04 Å². The van der Waals surface area contributed by atoms with Crippen LogP contribution in [0.4, 0.5) is 4.79 Å². The third-order valence-electron chi connectivity index (χ3n) is 4.75. The number of aromatic amines is 1. The Kier molecular flexibility index (Phi) is 3.44. The Hall–Kier alpha value is -2.50. The number of carbonyl (C=O) groups is 2. The molecule has 120 valence electrons. The van der Waals surface area contributed by atoms with Gasteiger partial charge in [-0.1, -0.05) is 18.2 Å². The van der Waals surface area contributed by atoms with Crippen LogP contribution in [0.2, 0.25) is 0 Å². The molecule has 0 radical (unpaired) electrons. The third kappa shape index (κ3) is 2.54. The molecular weight excluding hydrogens is 292 g/mol. The van der Waals surface area contributed by atoms with Crippen LogP contribution in [0.3, 0.4) is 0 Å². The van der Waals surface area contributed by atoms with Gasteiger partial charge in [-0.2, -0.15) is 0 Å². The summed E-state index contributed by atoms with van der Waals surface area (Å²) in [7, 11) is 0. The molecule has 3 heterocycles. The van der Waals surface area contributed by atoms with Gasteiger partial charge in [-0.25, -0.2) is 4.79 Å². The molecule has 2 aliphatic rings. The van der Waals surface area contributed by atoms with Crippen LogP contribution in [0.1, 0.15) is 24.1 Å². The van der Waals surface area contributed by atoms with Crippen molar-refractivity contribution in [2.24, 2.45) is 0 Å². The Morgan fingerprint density at radius 2 is 2.17 bits per heavy atom. The van der Waals surface area contributed by atoms with Gasteiger partial charge in [-0.05, 0) is 18.9 Å². The number of amides is 3. The van der Waals surface area contributed by atoms with Gasteiger partial charge in [-0.3, -0.25) is 4.79 Å². The van der Waals surface area contributed by atoms with E-state index in [1.807, 2.05) is 12.1 Å². The van der Waals surface area contributed by atoms with Crippen LogP contribution in [-0.4, -0.2) is 41.0 Å². The number of fused-ring (bicyclic) bond motifs is 3. The molecule has 0 spiro atoms. The minimum Gasteiger partial charge on any atom is -0.358 e. The normalized spacial score (nSPS) is 21.0. The molecule has 1 fully saturated rings. The van der Waals surface area contributed by atoms with Gasteiger partial charge in [-0.15, -0.1) is 0 Å². The van der Waals surface area contributed by atoms with Crippen LogP contribution in [0, 0.1) is 0 Å². The van der Waals surface area contributed by atoms with Crippen LogP contribution in [0.5, 0.6) is 0 Å². The molecule has 6 nitrogen and oxygen atoms in total. The Labute approximate surface area is 134 Å². The lowest BCUT2D eigenvalue weighted by Gasteiger charge is -2.30. The molecular formula is C17H20N4O2. The third-order valence-corrected chi connectivity index (χ3v) is 4.75. The van der Waals surface area contributed by atoms with Crippen molar-refractivity contribution in [1.82, 2.24) is 20.5 Å². The first-order chi connectivity index (χ1) is 11.2. The van der Waals surface area contributed by atoms with Gasteiger partial charge in [0.25, 0.3) is 0 Å². The van der Waals surface area contributed by atoms with Crippen LogP contribution in [0.25, 0.3) is 10.9 Å². The summed E-state index contributed by atoms with van der Waals surface area (Å²) in [6, 6.07) is 7.62.